The quantitative estimate of drug-likeness (QED) is 0.659. The maximum absolute atomic E-state index is 12.8. The first-order valence-electron chi connectivity index (χ1n) is 10.5. The van der Waals surface area contributed by atoms with Gasteiger partial charge < -0.3 is 24.6 Å². The molecule has 0 atom stereocenters. The van der Waals surface area contributed by atoms with Crippen molar-refractivity contribution in [2.24, 2.45) is 0 Å². The minimum atomic E-state index is -0.133. The van der Waals surface area contributed by atoms with Crippen molar-refractivity contribution >= 4 is 17.5 Å². The molecule has 0 spiro atoms. The number of nitrogens with zero attached hydrogens (tertiary/aromatic N) is 4. The zero-order valence-corrected chi connectivity index (χ0v) is 18.5. The van der Waals surface area contributed by atoms with E-state index in [-0.39, 0.29) is 6.03 Å². The number of nitrogens with one attached hydrogen (secondary N) is 1. The molecule has 2 heterocycles. The molecule has 8 heteroatoms. The van der Waals surface area contributed by atoms with Crippen LogP contribution in [-0.4, -0.2) is 61.5 Å². The number of ether oxygens (including phenoxy) is 2. The fourth-order valence-corrected chi connectivity index (χ4v) is 3.75. The van der Waals surface area contributed by atoms with Gasteiger partial charge in [0.25, 0.3) is 0 Å². The summed E-state index contributed by atoms with van der Waals surface area (Å²) in [6.45, 7) is 4.53. The number of urea groups is 1. The van der Waals surface area contributed by atoms with Gasteiger partial charge in [0.1, 0.15) is 11.5 Å². The highest BCUT2D eigenvalue weighted by Crippen LogP contribution is 2.29. The van der Waals surface area contributed by atoms with Crippen molar-refractivity contribution in [1.29, 1.82) is 0 Å². The molecule has 1 aliphatic rings. The van der Waals surface area contributed by atoms with Crippen molar-refractivity contribution in [3.05, 3.63) is 60.2 Å². The number of benzene rings is 2. The SMILES string of the molecule is COc1ccc(C)cc1NC(=O)N1CCN(c2ccc(-c3ccccc3OC)nn2)CC1. The number of carbonyl (C=O) groups excluding carboxylic acids is 1. The summed E-state index contributed by atoms with van der Waals surface area (Å²) in [5, 5.41) is 11.8. The van der Waals surface area contributed by atoms with E-state index in [0.717, 1.165) is 28.4 Å². The Kier molecular flexibility index (Phi) is 6.39. The molecule has 1 aliphatic heterocycles. The van der Waals surface area contributed by atoms with Crippen LogP contribution in [0.2, 0.25) is 0 Å². The van der Waals surface area contributed by atoms with Gasteiger partial charge in [0.05, 0.1) is 25.6 Å². The average Bonchev–Trinajstić information content (AvgIpc) is 2.84. The molecule has 1 saturated heterocycles. The van der Waals surface area contributed by atoms with Crippen LogP contribution in [0.4, 0.5) is 16.3 Å². The number of amides is 2. The number of anilines is 2. The second-order valence-corrected chi connectivity index (χ2v) is 7.59. The van der Waals surface area contributed by atoms with Crippen molar-refractivity contribution < 1.29 is 14.3 Å². The van der Waals surface area contributed by atoms with Crippen LogP contribution in [0.25, 0.3) is 11.3 Å². The van der Waals surface area contributed by atoms with E-state index in [4.69, 9.17) is 9.47 Å². The van der Waals surface area contributed by atoms with E-state index < -0.39 is 0 Å². The minimum Gasteiger partial charge on any atom is -0.496 e. The van der Waals surface area contributed by atoms with Gasteiger partial charge in [0.15, 0.2) is 5.82 Å². The molecule has 4 rings (SSSR count). The number of aromatic nitrogens is 2. The van der Waals surface area contributed by atoms with E-state index in [1.807, 2.05) is 61.5 Å². The highest BCUT2D eigenvalue weighted by atomic mass is 16.5. The monoisotopic (exact) mass is 433 g/mol. The third kappa shape index (κ3) is 4.59. The molecule has 0 saturated carbocycles. The van der Waals surface area contributed by atoms with Gasteiger partial charge in [-0.25, -0.2) is 4.79 Å². The van der Waals surface area contributed by atoms with E-state index in [1.54, 1.807) is 19.1 Å². The smallest absolute Gasteiger partial charge is 0.322 e. The van der Waals surface area contributed by atoms with Gasteiger partial charge in [-0.05, 0) is 48.9 Å². The van der Waals surface area contributed by atoms with Crippen LogP contribution in [0.3, 0.4) is 0 Å². The molecule has 32 heavy (non-hydrogen) atoms. The number of carbonyl (C=O) groups is 1. The summed E-state index contributed by atoms with van der Waals surface area (Å²) >= 11 is 0. The van der Waals surface area contributed by atoms with E-state index in [0.29, 0.717) is 37.6 Å². The van der Waals surface area contributed by atoms with Crippen LogP contribution in [0.15, 0.2) is 54.6 Å². The molecule has 0 aliphatic carbocycles. The largest absolute Gasteiger partial charge is 0.496 e. The number of piperazine rings is 1. The molecule has 8 nitrogen and oxygen atoms in total. The average molecular weight is 434 g/mol. The predicted molar refractivity (Wildman–Crippen MR) is 125 cm³/mol. The van der Waals surface area contributed by atoms with Crippen LogP contribution < -0.4 is 19.7 Å². The Bertz CT molecular complexity index is 1080. The fourth-order valence-electron chi connectivity index (χ4n) is 3.75. The molecule has 166 valence electrons. The van der Waals surface area contributed by atoms with Crippen molar-refractivity contribution in [1.82, 2.24) is 15.1 Å². The van der Waals surface area contributed by atoms with Crippen LogP contribution in [0.5, 0.6) is 11.5 Å². The van der Waals surface area contributed by atoms with Crippen molar-refractivity contribution in [2.45, 2.75) is 6.92 Å². The lowest BCUT2D eigenvalue weighted by Crippen LogP contribution is -2.50. The second-order valence-electron chi connectivity index (χ2n) is 7.59. The van der Waals surface area contributed by atoms with Gasteiger partial charge in [-0.3, -0.25) is 0 Å². The summed E-state index contributed by atoms with van der Waals surface area (Å²) in [7, 11) is 3.24. The first-order valence-corrected chi connectivity index (χ1v) is 10.5. The Balaban J connectivity index is 1.37. The third-order valence-electron chi connectivity index (χ3n) is 5.52. The number of rotatable bonds is 5. The zero-order chi connectivity index (χ0) is 22.5. The van der Waals surface area contributed by atoms with E-state index in [9.17, 15) is 4.79 Å². The topological polar surface area (TPSA) is 79.8 Å². The van der Waals surface area contributed by atoms with Gasteiger partial charge in [0.2, 0.25) is 0 Å². The van der Waals surface area contributed by atoms with Crippen molar-refractivity contribution in [3.63, 3.8) is 0 Å². The van der Waals surface area contributed by atoms with Gasteiger partial charge in [-0.1, -0.05) is 18.2 Å². The Morgan fingerprint density at radius 3 is 2.34 bits per heavy atom. The number of methoxy groups -OCH3 is 2. The summed E-state index contributed by atoms with van der Waals surface area (Å²) < 4.78 is 10.8. The molecule has 3 aromatic rings. The maximum atomic E-state index is 12.8. The molecule has 2 amide bonds. The van der Waals surface area contributed by atoms with Crippen molar-refractivity contribution in [2.75, 3.05) is 50.6 Å². The summed E-state index contributed by atoms with van der Waals surface area (Å²) in [4.78, 5) is 16.7. The third-order valence-corrected chi connectivity index (χ3v) is 5.52. The number of aryl methyl sites for hydroxylation is 1. The predicted octanol–water partition coefficient (Wildman–Crippen LogP) is 3.82. The summed E-state index contributed by atoms with van der Waals surface area (Å²) in [5.74, 6) is 2.21. The maximum Gasteiger partial charge on any atom is 0.322 e. The molecule has 0 unspecified atom stereocenters. The number of para-hydroxylation sites is 1. The number of hydrogen-bond acceptors (Lipinski definition) is 6. The lowest BCUT2D eigenvalue weighted by atomic mass is 10.1. The first-order chi connectivity index (χ1) is 15.6. The standard InChI is InChI=1S/C24H27N5O3/c1-17-8-10-22(32-3)20(16-17)25-24(30)29-14-12-28(13-15-29)23-11-9-19(26-27-23)18-6-4-5-7-21(18)31-2/h4-11,16H,12-15H2,1-3H3,(H,25,30). The van der Waals surface area contributed by atoms with Gasteiger partial charge >= 0.3 is 6.03 Å². The Hall–Kier alpha value is -3.81. The van der Waals surface area contributed by atoms with Gasteiger partial charge in [0, 0.05) is 31.7 Å². The summed E-state index contributed by atoms with van der Waals surface area (Å²) in [5.41, 5.74) is 3.40. The first kappa shape index (κ1) is 21.4. The van der Waals surface area contributed by atoms with E-state index >= 15 is 0 Å². The summed E-state index contributed by atoms with van der Waals surface area (Å²) in [6, 6.07) is 17.2. The molecule has 1 N–H and O–H groups in total. The van der Waals surface area contributed by atoms with Crippen LogP contribution >= 0.6 is 0 Å². The molecular weight excluding hydrogens is 406 g/mol. The van der Waals surface area contributed by atoms with Crippen LogP contribution in [0, 0.1) is 6.92 Å². The molecule has 1 aromatic heterocycles. The highest BCUT2D eigenvalue weighted by molar-refractivity contribution is 5.91. The highest BCUT2D eigenvalue weighted by Gasteiger charge is 2.23. The minimum absolute atomic E-state index is 0.133. The van der Waals surface area contributed by atoms with E-state index in [1.165, 1.54) is 0 Å². The van der Waals surface area contributed by atoms with Crippen LogP contribution in [0.1, 0.15) is 5.56 Å². The molecular formula is C24H27N5O3. The van der Waals surface area contributed by atoms with E-state index in [2.05, 4.69) is 20.4 Å². The Labute approximate surface area is 187 Å². The Morgan fingerprint density at radius 1 is 0.906 bits per heavy atom. The summed E-state index contributed by atoms with van der Waals surface area (Å²) in [6.07, 6.45) is 0. The fraction of sp³-hybridized carbons (Fsp3) is 0.292. The van der Waals surface area contributed by atoms with Crippen molar-refractivity contribution in [3.8, 4) is 22.8 Å². The normalized spacial score (nSPS) is 13.6. The van der Waals surface area contributed by atoms with Gasteiger partial charge in [-0.15, -0.1) is 10.2 Å². The lowest BCUT2D eigenvalue weighted by Gasteiger charge is -2.35. The molecule has 1 fully saturated rings. The molecule has 0 bridgehead atoms. The van der Waals surface area contributed by atoms with Gasteiger partial charge in [-0.2, -0.15) is 0 Å². The Morgan fingerprint density at radius 2 is 1.66 bits per heavy atom. The molecule has 0 radical (unpaired) electrons. The zero-order valence-electron chi connectivity index (χ0n) is 18.5. The lowest BCUT2D eigenvalue weighted by molar-refractivity contribution is 0.208. The van der Waals surface area contributed by atoms with Crippen LogP contribution in [-0.2, 0) is 0 Å². The number of hydrogen-bond donors (Lipinski definition) is 1. The second kappa shape index (κ2) is 9.55. The molecule has 2 aromatic carbocycles.